The van der Waals surface area contributed by atoms with Crippen molar-refractivity contribution in [3.05, 3.63) is 95.7 Å². The highest BCUT2D eigenvalue weighted by molar-refractivity contribution is 6.08. The van der Waals surface area contributed by atoms with Gasteiger partial charge in [-0.3, -0.25) is 4.79 Å². The number of amides is 1. The summed E-state index contributed by atoms with van der Waals surface area (Å²) in [5, 5.41) is 3.01. The highest BCUT2D eigenvalue weighted by Crippen LogP contribution is 2.29. The zero-order chi connectivity index (χ0) is 19.5. The highest BCUT2D eigenvalue weighted by Gasteiger charge is 2.17. The topological polar surface area (TPSA) is 55.1 Å². The lowest BCUT2D eigenvalue weighted by Crippen LogP contribution is -2.14. The number of nitrogens with zero attached hydrogens (tertiary/aromatic N) is 1. The summed E-state index contributed by atoms with van der Waals surface area (Å²) >= 11 is 0. The number of hydrogen-bond acceptors (Lipinski definition) is 3. The van der Waals surface area contributed by atoms with Crippen molar-refractivity contribution >= 4 is 11.6 Å². The third-order valence-corrected chi connectivity index (χ3v) is 4.61. The predicted octanol–water partition coefficient (Wildman–Crippen LogP) is 5.88. The van der Waals surface area contributed by atoms with Crippen LogP contribution < -0.4 is 5.32 Å². The number of aryl methyl sites for hydroxylation is 2. The van der Waals surface area contributed by atoms with Gasteiger partial charge in [0.1, 0.15) is 0 Å². The van der Waals surface area contributed by atoms with E-state index >= 15 is 0 Å². The van der Waals surface area contributed by atoms with Gasteiger partial charge in [0.2, 0.25) is 5.89 Å². The first-order valence-corrected chi connectivity index (χ1v) is 9.11. The fraction of sp³-hybridized carbons (Fsp3) is 0.0833. The van der Waals surface area contributed by atoms with E-state index in [0.29, 0.717) is 22.8 Å². The van der Waals surface area contributed by atoms with E-state index in [1.807, 2.05) is 80.6 Å². The zero-order valence-electron chi connectivity index (χ0n) is 15.8. The van der Waals surface area contributed by atoms with Crippen LogP contribution in [0.1, 0.15) is 21.5 Å². The van der Waals surface area contributed by atoms with Crippen LogP contribution in [-0.4, -0.2) is 10.9 Å². The van der Waals surface area contributed by atoms with Crippen LogP contribution in [0.15, 0.2) is 83.4 Å². The van der Waals surface area contributed by atoms with Crippen molar-refractivity contribution in [2.24, 2.45) is 0 Å². The van der Waals surface area contributed by atoms with Gasteiger partial charge >= 0.3 is 0 Å². The molecule has 1 aromatic heterocycles. The van der Waals surface area contributed by atoms with Crippen LogP contribution in [0.2, 0.25) is 0 Å². The fourth-order valence-corrected chi connectivity index (χ4v) is 3.06. The first kappa shape index (κ1) is 17.7. The van der Waals surface area contributed by atoms with E-state index in [1.165, 1.54) is 0 Å². The molecule has 1 heterocycles. The molecule has 4 rings (SSSR count). The zero-order valence-corrected chi connectivity index (χ0v) is 15.8. The molecule has 4 nitrogen and oxygen atoms in total. The molecule has 0 atom stereocenters. The van der Waals surface area contributed by atoms with Gasteiger partial charge in [-0.1, -0.05) is 54.6 Å². The number of carbonyl (C=O) groups is 1. The van der Waals surface area contributed by atoms with E-state index in [2.05, 4.69) is 10.3 Å². The lowest BCUT2D eigenvalue weighted by atomic mass is 10.1. The van der Waals surface area contributed by atoms with Crippen molar-refractivity contribution in [1.29, 1.82) is 0 Å². The van der Waals surface area contributed by atoms with Gasteiger partial charge < -0.3 is 9.73 Å². The van der Waals surface area contributed by atoms with Crippen LogP contribution in [0.3, 0.4) is 0 Å². The van der Waals surface area contributed by atoms with E-state index in [0.717, 1.165) is 22.4 Å². The van der Waals surface area contributed by atoms with Crippen LogP contribution in [-0.2, 0) is 0 Å². The van der Waals surface area contributed by atoms with Crippen molar-refractivity contribution < 1.29 is 9.21 Å². The standard InChI is InChI=1S/C24H20N2O2/c1-16-12-13-17(2)21(14-16)26-23(27)19-10-6-7-11-20(19)24-25-15-22(28-24)18-8-4-3-5-9-18/h3-15H,1-2H3,(H,26,27). The molecule has 138 valence electrons. The summed E-state index contributed by atoms with van der Waals surface area (Å²) in [6.07, 6.45) is 1.68. The summed E-state index contributed by atoms with van der Waals surface area (Å²) in [5.74, 6) is 0.898. The number of nitrogens with one attached hydrogen (secondary N) is 1. The monoisotopic (exact) mass is 368 g/mol. The quantitative estimate of drug-likeness (QED) is 0.489. The van der Waals surface area contributed by atoms with Crippen molar-refractivity contribution in [3.8, 4) is 22.8 Å². The number of anilines is 1. The first-order valence-electron chi connectivity index (χ1n) is 9.11. The van der Waals surface area contributed by atoms with Crippen LogP contribution >= 0.6 is 0 Å². The molecule has 0 bridgehead atoms. The van der Waals surface area contributed by atoms with Gasteiger partial charge in [-0.15, -0.1) is 0 Å². The molecule has 0 saturated carbocycles. The number of aromatic nitrogens is 1. The maximum absolute atomic E-state index is 13.0. The Morgan fingerprint density at radius 1 is 0.929 bits per heavy atom. The molecule has 1 N–H and O–H groups in total. The van der Waals surface area contributed by atoms with Gasteiger partial charge in [0.05, 0.1) is 11.8 Å². The van der Waals surface area contributed by atoms with E-state index in [-0.39, 0.29) is 5.91 Å². The molecule has 0 aliphatic rings. The number of benzene rings is 3. The smallest absolute Gasteiger partial charge is 0.256 e. The molecule has 1 amide bonds. The normalized spacial score (nSPS) is 10.6. The molecule has 3 aromatic carbocycles. The van der Waals surface area contributed by atoms with E-state index in [4.69, 9.17) is 4.42 Å². The Balaban J connectivity index is 1.67. The van der Waals surface area contributed by atoms with Gasteiger partial charge in [-0.2, -0.15) is 0 Å². The number of hydrogen-bond donors (Lipinski definition) is 1. The maximum Gasteiger partial charge on any atom is 0.256 e. The average molecular weight is 368 g/mol. The van der Waals surface area contributed by atoms with Crippen molar-refractivity contribution in [2.75, 3.05) is 5.32 Å². The SMILES string of the molecule is Cc1ccc(C)c(NC(=O)c2ccccc2-c2ncc(-c3ccccc3)o2)c1. The van der Waals surface area contributed by atoms with Gasteiger partial charge in [-0.25, -0.2) is 4.98 Å². The molecular formula is C24H20N2O2. The second-order valence-corrected chi connectivity index (χ2v) is 6.71. The Morgan fingerprint density at radius 2 is 1.68 bits per heavy atom. The predicted molar refractivity (Wildman–Crippen MR) is 111 cm³/mol. The summed E-state index contributed by atoms with van der Waals surface area (Å²) in [6.45, 7) is 3.97. The highest BCUT2D eigenvalue weighted by atomic mass is 16.4. The third-order valence-electron chi connectivity index (χ3n) is 4.61. The summed E-state index contributed by atoms with van der Waals surface area (Å²) in [5.41, 5.74) is 5.03. The van der Waals surface area contributed by atoms with E-state index in [9.17, 15) is 4.79 Å². The molecular weight excluding hydrogens is 348 g/mol. The Bertz CT molecular complexity index is 1130. The lowest BCUT2D eigenvalue weighted by Gasteiger charge is -2.11. The molecule has 0 fully saturated rings. The minimum Gasteiger partial charge on any atom is -0.436 e. The van der Waals surface area contributed by atoms with Gasteiger partial charge in [0.15, 0.2) is 5.76 Å². The second-order valence-electron chi connectivity index (χ2n) is 6.71. The maximum atomic E-state index is 13.0. The largest absolute Gasteiger partial charge is 0.436 e. The average Bonchev–Trinajstić information content (AvgIpc) is 3.21. The molecule has 0 aliphatic carbocycles. The minimum atomic E-state index is -0.191. The summed E-state index contributed by atoms with van der Waals surface area (Å²) in [4.78, 5) is 17.4. The van der Waals surface area contributed by atoms with Crippen molar-refractivity contribution in [1.82, 2.24) is 4.98 Å². The molecule has 0 unspecified atom stereocenters. The molecule has 4 aromatic rings. The number of carbonyl (C=O) groups excluding carboxylic acids is 1. The molecule has 4 heteroatoms. The summed E-state index contributed by atoms with van der Waals surface area (Å²) in [7, 11) is 0. The van der Waals surface area contributed by atoms with Gasteiger partial charge in [0.25, 0.3) is 5.91 Å². The first-order chi connectivity index (χ1) is 13.6. The van der Waals surface area contributed by atoms with E-state index in [1.54, 1.807) is 12.3 Å². The van der Waals surface area contributed by atoms with Crippen LogP contribution in [0.25, 0.3) is 22.8 Å². The van der Waals surface area contributed by atoms with Gasteiger partial charge in [-0.05, 0) is 43.2 Å². The van der Waals surface area contributed by atoms with Gasteiger partial charge in [0, 0.05) is 16.8 Å². The Morgan fingerprint density at radius 3 is 2.50 bits per heavy atom. The molecule has 0 aliphatic heterocycles. The Hall–Kier alpha value is -3.66. The number of rotatable bonds is 4. The minimum absolute atomic E-state index is 0.191. The molecule has 0 saturated heterocycles. The fourth-order valence-electron chi connectivity index (χ4n) is 3.06. The Kier molecular flexibility index (Phi) is 4.77. The molecule has 28 heavy (non-hydrogen) atoms. The third kappa shape index (κ3) is 3.58. The summed E-state index contributed by atoms with van der Waals surface area (Å²) in [6, 6.07) is 23.1. The van der Waals surface area contributed by atoms with E-state index < -0.39 is 0 Å². The van der Waals surface area contributed by atoms with Crippen LogP contribution in [0.5, 0.6) is 0 Å². The lowest BCUT2D eigenvalue weighted by molar-refractivity contribution is 0.102. The Labute approximate surface area is 163 Å². The number of oxazole rings is 1. The summed E-state index contributed by atoms with van der Waals surface area (Å²) < 4.78 is 5.95. The van der Waals surface area contributed by atoms with Crippen LogP contribution in [0, 0.1) is 13.8 Å². The molecule has 0 spiro atoms. The second kappa shape index (κ2) is 7.53. The van der Waals surface area contributed by atoms with Crippen LogP contribution in [0.4, 0.5) is 5.69 Å². The van der Waals surface area contributed by atoms with Crippen molar-refractivity contribution in [3.63, 3.8) is 0 Å². The molecule has 0 radical (unpaired) electrons. The van der Waals surface area contributed by atoms with Crippen molar-refractivity contribution in [2.45, 2.75) is 13.8 Å².